The Kier molecular flexibility index (Phi) is 6.14. The van der Waals surface area contributed by atoms with Gasteiger partial charge in [-0.3, -0.25) is 9.48 Å². The molecule has 4 rings (SSSR count). The van der Waals surface area contributed by atoms with Crippen LogP contribution in [0.4, 0.5) is 18.9 Å². The first-order valence-corrected chi connectivity index (χ1v) is 10.6. The van der Waals surface area contributed by atoms with E-state index in [9.17, 15) is 23.1 Å². The first-order valence-electron chi connectivity index (χ1n) is 10.6. The van der Waals surface area contributed by atoms with Gasteiger partial charge in [-0.2, -0.15) is 18.3 Å². The van der Waals surface area contributed by atoms with E-state index in [0.29, 0.717) is 33.5 Å². The molecule has 2 aromatic heterocycles. The maximum atomic E-state index is 13.1. The molecular weight excluding hydrogens is 445 g/mol. The fourth-order valence-corrected chi connectivity index (χ4v) is 4.00. The molecule has 2 heterocycles. The Morgan fingerprint density at radius 2 is 1.82 bits per heavy atom. The first kappa shape index (κ1) is 23.4. The van der Waals surface area contributed by atoms with Crippen LogP contribution in [0, 0.1) is 13.8 Å². The van der Waals surface area contributed by atoms with Gasteiger partial charge in [0.25, 0.3) is 5.91 Å². The highest BCUT2D eigenvalue weighted by Gasteiger charge is 2.31. The number of aromatic nitrogens is 3. The van der Waals surface area contributed by atoms with Crippen molar-refractivity contribution in [1.29, 1.82) is 0 Å². The van der Waals surface area contributed by atoms with Gasteiger partial charge in [0.1, 0.15) is 5.69 Å². The molecule has 1 amide bonds. The highest BCUT2D eigenvalue weighted by atomic mass is 19.4. The van der Waals surface area contributed by atoms with Crippen LogP contribution in [0.2, 0.25) is 0 Å². The number of aliphatic hydroxyl groups excluding tert-OH is 1. The van der Waals surface area contributed by atoms with Gasteiger partial charge in [0.05, 0.1) is 29.9 Å². The van der Waals surface area contributed by atoms with Crippen LogP contribution in [0.15, 0.2) is 54.7 Å². The van der Waals surface area contributed by atoms with E-state index in [-0.39, 0.29) is 19.1 Å². The van der Waals surface area contributed by atoms with Crippen molar-refractivity contribution >= 4 is 22.5 Å². The molecule has 4 aromatic rings. The maximum absolute atomic E-state index is 13.1. The number of hydrogen-bond acceptors (Lipinski definition) is 4. The van der Waals surface area contributed by atoms with Crippen molar-refractivity contribution in [1.82, 2.24) is 14.8 Å². The van der Waals surface area contributed by atoms with Crippen LogP contribution >= 0.6 is 0 Å². The third kappa shape index (κ3) is 4.38. The van der Waals surface area contributed by atoms with Gasteiger partial charge in [-0.1, -0.05) is 12.1 Å². The molecule has 0 bridgehead atoms. The topological polar surface area (TPSA) is 71.2 Å². The number of benzene rings is 2. The van der Waals surface area contributed by atoms with E-state index in [4.69, 9.17) is 0 Å². The van der Waals surface area contributed by atoms with E-state index < -0.39 is 11.7 Å². The van der Waals surface area contributed by atoms with Crippen LogP contribution in [0.1, 0.15) is 27.2 Å². The molecule has 0 aliphatic rings. The van der Waals surface area contributed by atoms with Gasteiger partial charge in [-0.25, -0.2) is 4.98 Å². The monoisotopic (exact) mass is 468 g/mol. The Balaban J connectivity index is 1.66. The number of anilines is 1. The molecule has 9 heteroatoms. The minimum atomic E-state index is -4.41. The SMILES string of the molecule is Cc1cc(-c2ccc3cc(C(F)(F)F)cc(C)c3n2)ccc1N(C)C(=O)c1ccnn1CCO. The van der Waals surface area contributed by atoms with E-state index in [1.165, 1.54) is 15.8 Å². The normalized spacial score (nSPS) is 11.7. The first-order chi connectivity index (χ1) is 16.1. The molecule has 0 spiro atoms. The Bertz CT molecular complexity index is 1380. The van der Waals surface area contributed by atoms with Crippen molar-refractivity contribution in [3.05, 3.63) is 77.1 Å². The third-order valence-corrected chi connectivity index (χ3v) is 5.72. The van der Waals surface area contributed by atoms with Crippen LogP contribution in [0.3, 0.4) is 0 Å². The van der Waals surface area contributed by atoms with E-state index in [0.717, 1.165) is 23.3 Å². The Hall–Kier alpha value is -3.72. The largest absolute Gasteiger partial charge is 0.416 e. The molecule has 34 heavy (non-hydrogen) atoms. The smallest absolute Gasteiger partial charge is 0.394 e. The highest BCUT2D eigenvalue weighted by molar-refractivity contribution is 6.05. The molecule has 0 saturated carbocycles. The maximum Gasteiger partial charge on any atom is 0.416 e. The highest BCUT2D eigenvalue weighted by Crippen LogP contribution is 2.34. The van der Waals surface area contributed by atoms with Crippen LogP contribution < -0.4 is 4.90 Å². The lowest BCUT2D eigenvalue weighted by atomic mass is 10.0. The zero-order valence-corrected chi connectivity index (χ0v) is 18.9. The van der Waals surface area contributed by atoms with Crippen molar-refractivity contribution in [2.45, 2.75) is 26.6 Å². The molecule has 6 nitrogen and oxygen atoms in total. The van der Waals surface area contributed by atoms with Gasteiger partial charge in [0, 0.05) is 29.9 Å². The molecule has 176 valence electrons. The lowest BCUT2D eigenvalue weighted by Crippen LogP contribution is -2.29. The number of halogens is 3. The summed E-state index contributed by atoms with van der Waals surface area (Å²) in [6.45, 7) is 3.58. The van der Waals surface area contributed by atoms with Gasteiger partial charge in [-0.05, 0) is 61.4 Å². The van der Waals surface area contributed by atoms with Gasteiger partial charge in [-0.15, -0.1) is 0 Å². The van der Waals surface area contributed by atoms with E-state index >= 15 is 0 Å². The molecule has 2 aromatic carbocycles. The van der Waals surface area contributed by atoms with Gasteiger partial charge in [0.15, 0.2) is 0 Å². The number of pyridine rings is 1. The molecule has 0 radical (unpaired) electrons. The van der Waals surface area contributed by atoms with E-state index in [1.54, 1.807) is 38.2 Å². The molecule has 0 saturated heterocycles. The lowest BCUT2D eigenvalue weighted by molar-refractivity contribution is -0.137. The van der Waals surface area contributed by atoms with Crippen LogP contribution in [-0.2, 0) is 12.7 Å². The van der Waals surface area contributed by atoms with Gasteiger partial charge in [0.2, 0.25) is 0 Å². The number of nitrogens with zero attached hydrogens (tertiary/aromatic N) is 4. The summed E-state index contributed by atoms with van der Waals surface area (Å²) < 4.78 is 40.8. The summed E-state index contributed by atoms with van der Waals surface area (Å²) in [4.78, 5) is 19.1. The summed E-state index contributed by atoms with van der Waals surface area (Å²) in [7, 11) is 1.66. The van der Waals surface area contributed by atoms with Crippen molar-refractivity contribution in [2.24, 2.45) is 0 Å². The predicted octanol–water partition coefficient (Wildman–Crippen LogP) is 5.00. The number of hydrogen-bond donors (Lipinski definition) is 1. The van der Waals surface area contributed by atoms with Gasteiger partial charge >= 0.3 is 6.18 Å². The Morgan fingerprint density at radius 1 is 1.06 bits per heavy atom. The zero-order valence-electron chi connectivity index (χ0n) is 18.9. The minimum Gasteiger partial charge on any atom is -0.394 e. The number of alkyl halides is 3. The lowest BCUT2D eigenvalue weighted by Gasteiger charge is -2.20. The summed E-state index contributed by atoms with van der Waals surface area (Å²) in [6.07, 6.45) is -2.90. The number of fused-ring (bicyclic) bond motifs is 1. The summed E-state index contributed by atoms with van der Waals surface area (Å²) >= 11 is 0. The zero-order chi connectivity index (χ0) is 24.6. The third-order valence-electron chi connectivity index (χ3n) is 5.72. The molecule has 0 fully saturated rings. The fraction of sp³-hybridized carbons (Fsp3) is 0.240. The summed E-state index contributed by atoms with van der Waals surface area (Å²) in [5.41, 5.74) is 3.56. The second-order valence-corrected chi connectivity index (χ2v) is 8.09. The molecular formula is C25H23F3N4O2. The Morgan fingerprint density at radius 3 is 2.50 bits per heavy atom. The van der Waals surface area contributed by atoms with Crippen molar-refractivity contribution in [2.75, 3.05) is 18.6 Å². The average molecular weight is 468 g/mol. The van der Waals surface area contributed by atoms with Crippen LogP contribution in [0.5, 0.6) is 0 Å². The number of carbonyl (C=O) groups is 1. The number of carbonyl (C=O) groups excluding carboxylic acids is 1. The number of amides is 1. The van der Waals surface area contributed by atoms with Crippen LogP contribution in [0.25, 0.3) is 22.2 Å². The summed E-state index contributed by atoms with van der Waals surface area (Å²) in [6, 6.07) is 12.7. The van der Waals surface area contributed by atoms with Crippen molar-refractivity contribution in [3.63, 3.8) is 0 Å². The summed E-state index contributed by atoms with van der Waals surface area (Å²) in [5.74, 6) is -0.262. The molecule has 0 aliphatic heterocycles. The number of rotatable bonds is 5. The van der Waals surface area contributed by atoms with E-state index in [1.807, 2.05) is 19.1 Å². The second-order valence-electron chi connectivity index (χ2n) is 8.09. The minimum absolute atomic E-state index is 0.130. The molecule has 0 unspecified atom stereocenters. The molecule has 0 aliphatic carbocycles. The average Bonchev–Trinajstić information content (AvgIpc) is 3.25. The van der Waals surface area contributed by atoms with Gasteiger partial charge < -0.3 is 10.0 Å². The fourth-order valence-electron chi connectivity index (χ4n) is 4.00. The number of aryl methyl sites for hydroxylation is 2. The van der Waals surface area contributed by atoms with E-state index in [2.05, 4.69) is 10.1 Å². The van der Waals surface area contributed by atoms with Crippen LogP contribution in [-0.4, -0.2) is 39.4 Å². The second kappa shape index (κ2) is 8.90. The Labute approximate surface area is 194 Å². The van der Waals surface area contributed by atoms with Crippen molar-refractivity contribution in [3.8, 4) is 11.3 Å². The molecule has 0 atom stereocenters. The summed E-state index contributed by atoms with van der Waals surface area (Å²) in [5, 5.41) is 13.7. The standard InChI is InChI=1S/C25H23F3N4O2/c1-15-12-17(5-7-21(15)31(3)24(34)22-8-9-29-32(22)10-11-33)20-6-4-18-14-19(25(26,27)28)13-16(2)23(18)30-20/h4-9,12-14,33H,10-11H2,1-3H3. The predicted molar refractivity (Wildman–Crippen MR) is 124 cm³/mol. The quantitative estimate of drug-likeness (QED) is 0.447. The molecule has 1 N–H and O–H groups in total. The number of aliphatic hydroxyl groups is 1. The van der Waals surface area contributed by atoms with Crippen molar-refractivity contribution < 1.29 is 23.1 Å².